The van der Waals surface area contributed by atoms with Crippen LogP contribution in [0.2, 0.25) is 0 Å². The van der Waals surface area contributed by atoms with Gasteiger partial charge in [-0.3, -0.25) is 9.08 Å². The molecule has 3 aromatic rings. The molecular weight excluding hydrogens is 372 g/mol. The predicted molar refractivity (Wildman–Crippen MR) is 97.8 cm³/mol. The van der Waals surface area contributed by atoms with Crippen LogP contribution in [0, 0.1) is 0 Å². The lowest BCUT2D eigenvalue weighted by molar-refractivity contribution is 0.0685. The molecule has 1 N–H and O–H groups in total. The van der Waals surface area contributed by atoms with Crippen LogP contribution in [-0.4, -0.2) is 50.5 Å². The van der Waals surface area contributed by atoms with E-state index in [1.54, 1.807) is 25.2 Å². The summed E-state index contributed by atoms with van der Waals surface area (Å²) in [7, 11) is -0.777. The van der Waals surface area contributed by atoms with Gasteiger partial charge in [-0.15, -0.1) is 0 Å². The lowest BCUT2D eigenvalue weighted by Gasteiger charge is -2.21. The first-order valence-electron chi connectivity index (χ1n) is 8.05. The lowest BCUT2D eigenvalue weighted by atomic mass is 10.3. The van der Waals surface area contributed by atoms with Crippen LogP contribution in [0.25, 0.3) is 17.0 Å². The summed E-state index contributed by atoms with van der Waals surface area (Å²) in [5, 5.41) is 13.4. The lowest BCUT2D eigenvalue weighted by Crippen LogP contribution is -2.28. The van der Waals surface area contributed by atoms with Crippen molar-refractivity contribution >= 4 is 21.5 Å². The van der Waals surface area contributed by atoms with Gasteiger partial charge in [-0.25, -0.2) is 18.2 Å². The minimum absolute atomic E-state index is 0.0102. The molecule has 144 valence electrons. The van der Waals surface area contributed by atoms with Crippen molar-refractivity contribution in [3.63, 3.8) is 0 Å². The van der Waals surface area contributed by atoms with E-state index in [9.17, 15) is 18.3 Å². The highest BCUT2D eigenvalue weighted by molar-refractivity contribution is 7.92. The quantitative estimate of drug-likeness (QED) is 0.722. The second-order valence-corrected chi connectivity index (χ2v) is 9.71. The maximum atomic E-state index is 13.0. The number of ether oxygens (including phenoxy) is 1. The summed E-state index contributed by atoms with van der Waals surface area (Å²) >= 11 is 0. The van der Waals surface area contributed by atoms with E-state index in [-0.39, 0.29) is 16.3 Å². The molecular formula is C17H20N4O5S. The number of hydrogen-bond donors (Lipinski definition) is 1. The Morgan fingerprint density at radius 2 is 1.93 bits per heavy atom. The summed E-state index contributed by atoms with van der Waals surface area (Å²) in [6.45, 7) is 4.83. The summed E-state index contributed by atoms with van der Waals surface area (Å²) < 4.78 is 33.0. The topological polar surface area (TPSA) is 116 Å². The number of methoxy groups -OCH3 is 1. The van der Waals surface area contributed by atoms with Crippen LogP contribution in [0.4, 0.5) is 0 Å². The molecule has 3 heterocycles. The number of carbonyl (C=O) groups is 1. The monoisotopic (exact) mass is 392 g/mol. The smallest absolute Gasteiger partial charge is 0.354 e. The van der Waals surface area contributed by atoms with E-state index in [0.29, 0.717) is 17.0 Å². The number of pyridine rings is 1. The molecule has 9 nitrogen and oxygen atoms in total. The Kier molecular flexibility index (Phi) is 4.26. The summed E-state index contributed by atoms with van der Waals surface area (Å²) in [5.74, 6) is -0.912. The van der Waals surface area contributed by atoms with E-state index in [0.717, 1.165) is 0 Å². The number of fused-ring (bicyclic) bond motifs is 1. The van der Waals surface area contributed by atoms with Gasteiger partial charge in [-0.1, -0.05) is 0 Å². The van der Waals surface area contributed by atoms with Crippen molar-refractivity contribution in [1.29, 1.82) is 0 Å². The normalized spacial score (nSPS) is 12.5. The molecule has 0 fully saturated rings. The van der Waals surface area contributed by atoms with Crippen molar-refractivity contribution in [3.05, 3.63) is 30.2 Å². The van der Waals surface area contributed by atoms with Crippen molar-refractivity contribution in [3.8, 4) is 17.1 Å². The number of aromatic nitrogens is 4. The third-order valence-electron chi connectivity index (χ3n) is 4.25. The molecule has 0 unspecified atom stereocenters. The molecule has 0 atom stereocenters. The van der Waals surface area contributed by atoms with Gasteiger partial charge >= 0.3 is 5.97 Å². The number of carboxylic acids is 1. The third-order valence-corrected chi connectivity index (χ3v) is 6.75. The molecule has 0 spiro atoms. The SMILES string of the molecule is COc1cc2ncc(-c3cc(C(=O)O)n(C)n3)n2cc1S(=O)(=O)C(C)(C)C. The first-order chi connectivity index (χ1) is 12.5. The van der Waals surface area contributed by atoms with E-state index in [1.807, 2.05) is 0 Å². The standard InChI is InChI=1S/C17H20N4O5S/c1-17(2,3)27(24,25)14-9-21-12(8-18-15(21)7-13(14)26-5)10-6-11(16(22)23)20(4)19-10/h6-9H,1-5H3,(H,22,23). The highest BCUT2D eigenvalue weighted by Gasteiger charge is 2.34. The number of hydrogen-bond acceptors (Lipinski definition) is 6. The minimum atomic E-state index is -3.70. The van der Waals surface area contributed by atoms with E-state index in [2.05, 4.69) is 10.1 Å². The molecule has 27 heavy (non-hydrogen) atoms. The molecule has 3 aromatic heterocycles. The van der Waals surface area contributed by atoms with E-state index in [1.165, 1.54) is 43.4 Å². The highest BCUT2D eigenvalue weighted by atomic mass is 32.2. The Morgan fingerprint density at radius 1 is 1.26 bits per heavy atom. The van der Waals surface area contributed by atoms with Crippen molar-refractivity contribution in [2.24, 2.45) is 7.05 Å². The molecule has 0 radical (unpaired) electrons. The zero-order valence-electron chi connectivity index (χ0n) is 15.6. The molecule has 0 aliphatic carbocycles. The number of carboxylic acid groups (broad SMARTS) is 1. The van der Waals surface area contributed by atoms with E-state index in [4.69, 9.17) is 4.74 Å². The van der Waals surface area contributed by atoms with Gasteiger partial charge in [0.25, 0.3) is 0 Å². The Hall–Kier alpha value is -2.88. The summed E-state index contributed by atoms with van der Waals surface area (Å²) in [6, 6.07) is 2.94. The van der Waals surface area contributed by atoms with Gasteiger partial charge < -0.3 is 9.84 Å². The van der Waals surface area contributed by atoms with E-state index >= 15 is 0 Å². The van der Waals surface area contributed by atoms with Crippen LogP contribution in [0.15, 0.2) is 29.4 Å². The third kappa shape index (κ3) is 2.95. The molecule has 0 amide bonds. The van der Waals surface area contributed by atoms with Crippen LogP contribution in [0.1, 0.15) is 31.3 Å². The largest absolute Gasteiger partial charge is 0.495 e. The Bertz CT molecular complexity index is 1150. The summed E-state index contributed by atoms with van der Waals surface area (Å²) in [5.41, 5.74) is 1.31. The van der Waals surface area contributed by atoms with Crippen LogP contribution in [-0.2, 0) is 16.9 Å². The van der Waals surface area contributed by atoms with Gasteiger partial charge in [-0.05, 0) is 20.8 Å². The predicted octanol–water partition coefficient (Wildman–Crippen LogP) is 2.01. The first kappa shape index (κ1) is 18.9. The molecule has 0 aliphatic heterocycles. The maximum Gasteiger partial charge on any atom is 0.354 e. The van der Waals surface area contributed by atoms with Crippen LogP contribution in [0.3, 0.4) is 0 Å². The number of sulfone groups is 1. The number of nitrogens with zero attached hydrogens (tertiary/aromatic N) is 4. The Morgan fingerprint density at radius 3 is 2.44 bits per heavy atom. The van der Waals surface area contributed by atoms with Crippen molar-refractivity contribution in [2.45, 2.75) is 30.4 Å². The zero-order valence-corrected chi connectivity index (χ0v) is 16.4. The number of rotatable bonds is 4. The van der Waals surface area contributed by atoms with Gasteiger partial charge in [-0.2, -0.15) is 5.10 Å². The second-order valence-electron chi connectivity index (χ2n) is 7.04. The minimum Gasteiger partial charge on any atom is -0.495 e. The summed E-state index contributed by atoms with van der Waals surface area (Å²) in [6.07, 6.45) is 2.95. The Balaban J connectivity index is 2.29. The molecule has 0 bridgehead atoms. The molecule has 0 aliphatic rings. The van der Waals surface area contributed by atoms with Crippen molar-refractivity contribution in [2.75, 3.05) is 7.11 Å². The van der Waals surface area contributed by atoms with Crippen LogP contribution < -0.4 is 4.74 Å². The second kappa shape index (κ2) is 6.08. The van der Waals surface area contributed by atoms with Gasteiger partial charge in [0.2, 0.25) is 0 Å². The molecule has 0 saturated carbocycles. The fraction of sp³-hybridized carbons (Fsp3) is 0.353. The zero-order chi connectivity index (χ0) is 20.1. The van der Waals surface area contributed by atoms with Crippen molar-refractivity contribution in [1.82, 2.24) is 19.2 Å². The molecule has 0 saturated heterocycles. The van der Waals surface area contributed by atoms with Crippen LogP contribution >= 0.6 is 0 Å². The fourth-order valence-electron chi connectivity index (χ4n) is 2.66. The molecule has 0 aromatic carbocycles. The van der Waals surface area contributed by atoms with Gasteiger partial charge in [0.05, 0.1) is 23.7 Å². The average molecular weight is 392 g/mol. The number of aryl methyl sites for hydroxylation is 1. The van der Waals surface area contributed by atoms with E-state index < -0.39 is 20.6 Å². The molecule has 3 rings (SSSR count). The van der Waals surface area contributed by atoms with Gasteiger partial charge in [0.15, 0.2) is 9.84 Å². The van der Waals surface area contributed by atoms with Crippen LogP contribution in [0.5, 0.6) is 5.75 Å². The number of aromatic carboxylic acids is 1. The highest BCUT2D eigenvalue weighted by Crippen LogP contribution is 2.34. The molecule has 10 heteroatoms. The summed E-state index contributed by atoms with van der Waals surface area (Å²) in [4.78, 5) is 15.6. The van der Waals surface area contributed by atoms with Gasteiger partial charge in [0.1, 0.15) is 27.7 Å². The van der Waals surface area contributed by atoms with Crippen molar-refractivity contribution < 1.29 is 23.1 Å². The first-order valence-corrected chi connectivity index (χ1v) is 9.53. The Labute approximate surface area is 156 Å². The van der Waals surface area contributed by atoms with Gasteiger partial charge in [0, 0.05) is 25.4 Å². The number of imidazole rings is 1. The average Bonchev–Trinajstić information content (AvgIpc) is 3.15. The fourth-order valence-corrected chi connectivity index (χ4v) is 3.97. The maximum absolute atomic E-state index is 13.0.